The number of piperidine rings is 1. The van der Waals surface area contributed by atoms with E-state index >= 15 is 0 Å². The Morgan fingerprint density at radius 2 is 1.94 bits per heavy atom. The van der Waals surface area contributed by atoms with Crippen LogP contribution in [0.4, 0.5) is 0 Å². The molecule has 2 amide bonds. The van der Waals surface area contributed by atoms with Gasteiger partial charge in [0.15, 0.2) is 0 Å². The molecule has 1 saturated heterocycles. The second-order valence-electron chi connectivity index (χ2n) is 8.40. The summed E-state index contributed by atoms with van der Waals surface area (Å²) in [7, 11) is 3.59. The standard InChI is InChI=1S/C25H27N3O2S/c1-27(2)24(30)25(16-19-8-10-20(11-9-19)22-7-4-15-31-22)12-5-14-28(18-25)23(29)21-6-3-13-26-17-21/h3-4,6-11,13,15,17H,5,12,14,16,18H2,1-2H3/t25-/m1/s1. The minimum Gasteiger partial charge on any atom is -0.348 e. The van der Waals surface area contributed by atoms with E-state index < -0.39 is 5.41 Å². The van der Waals surface area contributed by atoms with E-state index in [4.69, 9.17) is 0 Å². The molecule has 0 aliphatic carbocycles. The number of thiophene rings is 1. The summed E-state index contributed by atoms with van der Waals surface area (Å²) in [5, 5.41) is 2.07. The van der Waals surface area contributed by atoms with Gasteiger partial charge < -0.3 is 9.80 Å². The van der Waals surface area contributed by atoms with Gasteiger partial charge in [0.1, 0.15) is 0 Å². The van der Waals surface area contributed by atoms with Crippen molar-refractivity contribution in [2.24, 2.45) is 5.41 Å². The first-order chi connectivity index (χ1) is 15.0. The Morgan fingerprint density at radius 3 is 2.58 bits per heavy atom. The number of likely N-dealkylation sites (tertiary alicyclic amines) is 1. The average molecular weight is 434 g/mol. The topological polar surface area (TPSA) is 53.5 Å². The molecule has 0 bridgehead atoms. The first kappa shape index (κ1) is 21.2. The maximum absolute atomic E-state index is 13.4. The highest BCUT2D eigenvalue weighted by molar-refractivity contribution is 7.13. The summed E-state index contributed by atoms with van der Waals surface area (Å²) in [5.41, 5.74) is 2.25. The van der Waals surface area contributed by atoms with E-state index in [0.717, 1.165) is 18.4 Å². The zero-order valence-corrected chi connectivity index (χ0v) is 18.8. The fourth-order valence-corrected chi connectivity index (χ4v) is 5.20. The van der Waals surface area contributed by atoms with E-state index in [1.54, 1.807) is 54.9 Å². The zero-order valence-electron chi connectivity index (χ0n) is 18.0. The molecule has 1 aliphatic rings. The molecule has 1 aromatic carbocycles. The van der Waals surface area contributed by atoms with Crippen molar-refractivity contribution in [2.45, 2.75) is 19.3 Å². The number of rotatable bonds is 5. The van der Waals surface area contributed by atoms with Crippen LogP contribution in [0, 0.1) is 5.41 Å². The molecule has 0 unspecified atom stereocenters. The number of benzene rings is 1. The number of aromatic nitrogens is 1. The van der Waals surface area contributed by atoms with Crippen molar-refractivity contribution in [1.82, 2.24) is 14.8 Å². The highest BCUT2D eigenvalue weighted by Crippen LogP contribution is 2.36. The van der Waals surface area contributed by atoms with Crippen LogP contribution in [0.25, 0.3) is 10.4 Å². The molecule has 0 N–H and O–H groups in total. The van der Waals surface area contributed by atoms with Gasteiger partial charge in [-0.1, -0.05) is 30.3 Å². The number of amides is 2. The number of nitrogens with zero attached hydrogens (tertiary/aromatic N) is 3. The van der Waals surface area contributed by atoms with Crippen molar-refractivity contribution in [1.29, 1.82) is 0 Å². The van der Waals surface area contributed by atoms with Crippen LogP contribution in [0.1, 0.15) is 28.8 Å². The highest BCUT2D eigenvalue weighted by atomic mass is 32.1. The summed E-state index contributed by atoms with van der Waals surface area (Å²) in [5.74, 6) is 0.0234. The third kappa shape index (κ3) is 4.54. The molecule has 3 aromatic rings. The van der Waals surface area contributed by atoms with Gasteiger partial charge in [-0.2, -0.15) is 0 Å². The molecule has 1 aliphatic heterocycles. The van der Waals surface area contributed by atoms with Crippen molar-refractivity contribution in [2.75, 3.05) is 27.2 Å². The van der Waals surface area contributed by atoms with Crippen molar-refractivity contribution in [3.05, 3.63) is 77.4 Å². The fourth-order valence-electron chi connectivity index (χ4n) is 4.47. The van der Waals surface area contributed by atoms with Crippen molar-refractivity contribution in [3.63, 3.8) is 0 Å². The second kappa shape index (κ2) is 9.02. The van der Waals surface area contributed by atoms with Gasteiger partial charge in [0.25, 0.3) is 5.91 Å². The minimum atomic E-state index is -0.621. The van der Waals surface area contributed by atoms with Crippen LogP contribution in [-0.2, 0) is 11.2 Å². The van der Waals surface area contributed by atoms with Crippen LogP contribution in [0.3, 0.4) is 0 Å². The van der Waals surface area contributed by atoms with Gasteiger partial charge in [-0.05, 0) is 54.0 Å². The van der Waals surface area contributed by atoms with Crippen LogP contribution in [-0.4, -0.2) is 53.8 Å². The third-order valence-corrected chi connectivity index (χ3v) is 6.85. The predicted molar refractivity (Wildman–Crippen MR) is 124 cm³/mol. The summed E-state index contributed by atoms with van der Waals surface area (Å²) < 4.78 is 0. The lowest BCUT2D eigenvalue weighted by Gasteiger charge is -2.43. The van der Waals surface area contributed by atoms with Gasteiger partial charge in [0, 0.05) is 44.5 Å². The minimum absolute atomic E-state index is 0.0585. The summed E-state index contributed by atoms with van der Waals surface area (Å²) in [6, 6.07) is 16.2. The fraction of sp³-hybridized carbons (Fsp3) is 0.320. The van der Waals surface area contributed by atoms with E-state index in [1.807, 2.05) is 4.90 Å². The smallest absolute Gasteiger partial charge is 0.255 e. The Balaban J connectivity index is 1.59. The summed E-state index contributed by atoms with van der Waals surface area (Å²) in [6.45, 7) is 1.08. The van der Waals surface area contributed by atoms with Crippen LogP contribution < -0.4 is 0 Å². The number of carbonyl (C=O) groups excluding carboxylic acids is 2. The monoisotopic (exact) mass is 433 g/mol. The quantitative estimate of drug-likeness (QED) is 0.601. The first-order valence-corrected chi connectivity index (χ1v) is 11.4. The Labute approximate surface area is 187 Å². The third-order valence-electron chi connectivity index (χ3n) is 5.93. The van der Waals surface area contributed by atoms with E-state index in [9.17, 15) is 9.59 Å². The predicted octanol–water partition coefficient (Wildman–Crippen LogP) is 4.36. The lowest BCUT2D eigenvalue weighted by atomic mass is 9.73. The van der Waals surface area contributed by atoms with E-state index in [2.05, 4.69) is 46.8 Å². The highest BCUT2D eigenvalue weighted by Gasteiger charge is 2.44. The molecule has 3 heterocycles. The molecular weight excluding hydrogens is 406 g/mol. The Bertz CT molecular complexity index is 1030. The molecule has 160 valence electrons. The molecule has 1 atom stereocenters. The van der Waals surface area contributed by atoms with Crippen LogP contribution >= 0.6 is 11.3 Å². The SMILES string of the molecule is CN(C)C(=O)[C@@]1(Cc2ccc(-c3cccs3)cc2)CCCN(C(=O)c2cccnc2)C1. The van der Waals surface area contributed by atoms with Crippen molar-refractivity contribution >= 4 is 23.2 Å². The van der Waals surface area contributed by atoms with Crippen LogP contribution in [0.15, 0.2) is 66.3 Å². The molecule has 0 saturated carbocycles. The molecule has 2 aromatic heterocycles. The van der Waals surface area contributed by atoms with Crippen LogP contribution in [0.2, 0.25) is 0 Å². The zero-order chi connectivity index (χ0) is 21.8. The molecular formula is C25H27N3O2S. The summed E-state index contributed by atoms with van der Waals surface area (Å²) in [4.78, 5) is 35.2. The molecule has 4 rings (SSSR count). The number of carbonyl (C=O) groups is 2. The largest absolute Gasteiger partial charge is 0.348 e. The van der Waals surface area contributed by atoms with E-state index in [-0.39, 0.29) is 11.8 Å². The molecule has 0 radical (unpaired) electrons. The maximum atomic E-state index is 13.4. The second-order valence-corrected chi connectivity index (χ2v) is 9.35. The normalized spacial score (nSPS) is 18.6. The first-order valence-electron chi connectivity index (χ1n) is 10.5. The van der Waals surface area contributed by atoms with E-state index in [0.29, 0.717) is 25.1 Å². The van der Waals surface area contributed by atoms with Crippen LogP contribution in [0.5, 0.6) is 0 Å². The Morgan fingerprint density at radius 1 is 1.13 bits per heavy atom. The number of hydrogen-bond acceptors (Lipinski definition) is 4. The van der Waals surface area contributed by atoms with Crippen molar-refractivity contribution in [3.8, 4) is 10.4 Å². The molecule has 5 nitrogen and oxygen atoms in total. The van der Waals surface area contributed by atoms with Gasteiger partial charge in [-0.15, -0.1) is 11.3 Å². The number of hydrogen-bond donors (Lipinski definition) is 0. The van der Waals surface area contributed by atoms with Gasteiger partial charge >= 0.3 is 0 Å². The Kier molecular flexibility index (Phi) is 6.18. The lowest BCUT2D eigenvalue weighted by Crippen LogP contribution is -2.54. The Hall–Kier alpha value is -2.99. The van der Waals surface area contributed by atoms with Gasteiger partial charge in [-0.25, -0.2) is 0 Å². The average Bonchev–Trinajstić information content (AvgIpc) is 3.34. The number of pyridine rings is 1. The summed E-state index contributed by atoms with van der Waals surface area (Å²) in [6.07, 6.45) is 5.44. The molecule has 6 heteroatoms. The molecule has 0 spiro atoms. The van der Waals surface area contributed by atoms with Crippen molar-refractivity contribution < 1.29 is 9.59 Å². The lowest BCUT2D eigenvalue weighted by molar-refractivity contribution is -0.142. The maximum Gasteiger partial charge on any atom is 0.255 e. The van der Waals surface area contributed by atoms with Gasteiger partial charge in [0.05, 0.1) is 11.0 Å². The van der Waals surface area contributed by atoms with Gasteiger partial charge in [-0.3, -0.25) is 14.6 Å². The molecule has 1 fully saturated rings. The summed E-state index contributed by atoms with van der Waals surface area (Å²) >= 11 is 1.72. The van der Waals surface area contributed by atoms with Gasteiger partial charge in [0.2, 0.25) is 5.91 Å². The van der Waals surface area contributed by atoms with E-state index in [1.165, 1.54) is 10.4 Å². The molecule has 31 heavy (non-hydrogen) atoms.